The van der Waals surface area contributed by atoms with E-state index in [0.717, 1.165) is 4.31 Å². The van der Waals surface area contributed by atoms with E-state index in [1.165, 1.54) is 12.1 Å². The highest BCUT2D eigenvalue weighted by atomic mass is 79.9. The van der Waals surface area contributed by atoms with Crippen LogP contribution in [0.5, 0.6) is 0 Å². The van der Waals surface area contributed by atoms with E-state index in [2.05, 4.69) is 15.9 Å². The predicted octanol–water partition coefficient (Wildman–Crippen LogP) is 1.47. The summed E-state index contributed by atoms with van der Waals surface area (Å²) in [5.74, 6) is 0. The zero-order chi connectivity index (χ0) is 14.5. The first-order valence-corrected chi connectivity index (χ1v) is 8.21. The molecule has 0 aliphatic rings. The van der Waals surface area contributed by atoms with Gasteiger partial charge in [-0.3, -0.25) is 0 Å². The minimum Gasteiger partial charge on any atom is -0.396 e. The molecule has 0 aliphatic carbocycles. The monoisotopic (exact) mass is 371 g/mol. The molecule has 0 aliphatic heterocycles. The van der Waals surface area contributed by atoms with Crippen molar-refractivity contribution in [2.75, 3.05) is 26.3 Å². The summed E-state index contributed by atoms with van der Waals surface area (Å²) in [6.45, 7) is -0.315. The lowest BCUT2D eigenvalue weighted by Gasteiger charge is -2.21. The van der Waals surface area contributed by atoms with Crippen LogP contribution in [0.15, 0.2) is 27.6 Å². The van der Waals surface area contributed by atoms with Gasteiger partial charge in [-0.1, -0.05) is 27.5 Å². The smallest absolute Gasteiger partial charge is 0.244 e. The van der Waals surface area contributed by atoms with Crippen LogP contribution in [0, 0.1) is 0 Å². The van der Waals surface area contributed by atoms with Gasteiger partial charge < -0.3 is 10.2 Å². The van der Waals surface area contributed by atoms with Gasteiger partial charge in [0.05, 0.1) is 11.6 Å². The Morgan fingerprint density at radius 1 is 1.21 bits per heavy atom. The summed E-state index contributed by atoms with van der Waals surface area (Å²) in [5.41, 5.74) is 0. The molecule has 0 spiro atoms. The highest BCUT2D eigenvalue weighted by Gasteiger charge is 2.25. The second kappa shape index (κ2) is 7.56. The van der Waals surface area contributed by atoms with Crippen molar-refractivity contribution in [3.63, 3.8) is 0 Å². The van der Waals surface area contributed by atoms with Crippen LogP contribution in [0.25, 0.3) is 0 Å². The van der Waals surface area contributed by atoms with E-state index in [1.807, 2.05) is 0 Å². The van der Waals surface area contributed by atoms with Gasteiger partial charge in [0, 0.05) is 24.2 Å². The molecule has 0 aromatic heterocycles. The fourth-order valence-electron chi connectivity index (χ4n) is 1.53. The van der Waals surface area contributed by atoms with Crippen molar-refractivity contribution >= 4 is 37.6 Å². The van der Waals surface area contributed by atoms with Crippen LogP contribution < -0.4 is 0 Å². The second-order valence-corrected chi connectivity index (χ2v) is 7.01. The third kappa shape index (κ3) is 4.40. The summed E-state index contributed by atoms with van der Waals surface area (Å²) in [6.07, 6.45) is 0.299. The van der Waals surface area contributed by atoms with Gasteiger partial charge in [-0.05, 0) is 24.6 Å². The summed E-state index contributed by atoms with van der Waals surface area (Å²) in [4.78, 5) is -0.0104. The molecule has 1 aromatic rings. The molecule has 0 saturated heterocycles. The van der Waals surface area contributed by atoms with Crippen LogP contribution in [0.1, 0.15) is 6.42 Å². The van der Waals surface area contributed by atoms with Crippen LogP contribution >= 0.6 is 27.5 Å². The molecule has 1 rings (SSSR count). The second-order valence-electron chi connectivity index (χ2n) is 3.78. The summed E-state index contributed by atoms with van der Waals surface area (Å²) in [5, 5.41) is 17.9. The molecule has 0 saturated carbocycles. The lowest BCUT2D eigenvalue weighted by Crippen LogP contribution is -2.35. The largest absolute Gasteiger partial charge is 0.396 e. The quantitative estimate of drug-likeness (QED) is 0.760. The van der Waals surface area contributed by atoms with Crippen LogP contribution in [0.4, 0.5) is 0 Å². The molecule has 0 radical (unpaired) electrons. The highest BCUT2D eigenvalue weighted by molar-refractivity contribution is 9.10. The summed E-state index contributed by atoms with van der Waals surface area (Å²) < 4.78 is 26.6. The molecule has 2 N–H and O–H groups in total. The van der Waals surface area contributed by atoms with E-state index in [0.29, 0.717) is 10.9 Å². The molecular formula is C11H15BrClNO4S. The fraction of sp³-hybridized carbons (Fsp3) is 0.455. The molecule has 0 atom stereocenters. The van der Waals surface area contributed by atoms with E-state index in [1.54, 1.807) is 6.07 Å². The SMILES string of the molecule is O=S(=O)(c1ccc(Br)cc1Cl)N(CCO)CCCO. The molecule has 0 amide bonds. The van der Waals surface area contributed by atoms with Crippen molar-refractivity contribution < 1.29 is 18.6 Å². The van der Waals surface area contributed by atoms with Gasteiger partial charge in [0.25, 0.3) is 0 Å². The first-order chi connectivity index (χ1) is 8.93. The van der Waals surface area contributed by atoms with Crippen molar-refractivity contribution in [2.24, 2.45) is 0 Å². The van der Waals surface area contributed by atoms with Crippen LogP contribution in [-0.2, 0) is 10.0 Å². The average Bonchev–Trinajstić information content (AvgIpc) is 2.33. The Labute approximate surface area is 126 Å². The first-order valence-electron chi connectivity index (χ1n) is 5.60. The molecule has 19 heavy (non-hydrogen) atoms. The summed E-state index contributed by atoms with van der Waals surface area (Å²) >= 11 is 9.15. The molecule has 5 nitrogen and oxygen atoms in total. The number of aliphatic hydroxyl groups is 2. The predicted molar refractivity (Wildman–Crippen MR) is 76.7 cm³/mol. The number of halogens is 2. The highest BCUT2D eigenvalue weighted by Crippen LogP contribution is 2.27. The molecular weight excluding hydrogens is 358 g/mol. The number of aliphatic hydroxyl groups excluding tert-OH is 2. The zero-order valence-corrected chi connectivity index (χ0v) is 13.2. The molecule has 0 unspecified atom stereocenters. The third-order valence-corrected chi connectivity index (χ3v) is 5.30. The lowest BCUT2D eigenvalue weighted by molar-refractivity contribution is 0.234. The lowest BCUT2D eigenvalue weighted by atomic mass is 10.4. The molecule has 0 heterocycles. The average molecular weight is 373 g/mol. The van der Waals surface area contributed by atoms with E-state index in [-0.39, 0.29) is 36.2 Å². The van der Waals surface area contributed by atoms with E-state index < -0.39 is 10.0 Å². The molecule has 1 aromatic carbocycles. The van der Waals surface area contributed by atoms with Gasteiger partial charge in [0.2, 0.25) is 10.0 Å². The standard InChI is InChI=1S/C11H15BrClNO4S/c12-9-2-3-11(10(13)8-9)19(17,18)14(5-7-16)4-1-6-15/h2-3,8,15-16H,1,4-7H2. The summed E-state index contributed by atoms with van der Waals surface area (Å²) in [6, 6.07) is 4.49. The Kier molecular flexibility index (Phi) is 6.72. The van der Waals surface area contributed by atoms with Gasteiger partial charge >= 0.3 is 0 Å². The Balaban J connectivity index is 3.11. The van der Waals surface area contributed by atoms with Gasteiger partial charge in [0.1, 0.15) is 4.90 Å². The minimum atomic E-state index is -3.77. The van der Waals surface area contributed by atoms with Crippen molar-refractivity contribution in [1.29, 1.82) is 0 Å². The number of sulfonamides is 1. The third-order valence-electron chi connectivity index (χ3n) is 2.43. The molecule has 0 bridgehead atoms. The number of nitrogens with zero attached hydrogens (tertiary/aromatic N) is 1. The van der Waals surface area contributed by atoms with Crippen molar-refractivity contribution in [1.82, 2.24) is 4.31 Å². The van der Waals surface area contributed by atoms with Gasteiger partial charge in [-0.15, -0.1) is 0 Å². The maximum Gasteiger partial charge on any atom is 0.244 e. The van der Waals surface area contributed by atoms with Gasteiger partial charge in [0.15, 0.2) is 0 Å². The number of hydrogen-bond acceptors (Lipinski definition) is 4. The topological polar surface area (TPSA) is 77.8 Å². The Bertz CT molecular complexity index is 523. The molecule has 108 valence electrons. The van der Waals surface area contributed by atoms with Crippen LogP contribution in [0.3, 0.4) is 0 Å². The molecule has 8 heteroatoms. The van der Waals surface area contributed by atoms with Crippen LogP contribution in [-0.4, -0.2) is 49.2 Å². The zero-order valence-electron chi connectivity index (χ0n) is 10.1. The fourth-order valence-corrected chi connectivity index (χ4v) is 4.02. The Hall–Kier alpha value is -0.180. The normalized spacial score (nSPS) is 12.1. The maximum absolute atomic E-state index is 12.4. The summed E-state index contributed by atoms with van der Waals surface area (Å²) in [7, 11) is -3.77. The van der Waals surface area contributed by atoms with Crippen molar-refractivity contribution in [3.8, 4) is 0 Å². The van der Waals surface area contributed by atoms with Crippen molar-refractivity contribution in [3.05, 3.63) is 27.7 Å². The number of hydrogen-bond donors (Lipinski definition) is 2. The Morgan fingerprint density at radius 2 is 1.89 bits per heavy atom. The van der Waals surface area contributed by atoms with Crippen molar-refractivity contribution in [2.45, 2.75) is 11.3 Å². The first kappa shape index (κ1) is 16.9. The number of rotatable bonds is 7. The molecule has 0 fully saturated rings. The Morgan fingerprint density at radius 3 is 2.42 bits per heavy atom. The van der Waals surface area contributed by atoms with Gasteiger partial charge in [-0.2, -0.15) is 4.31 Å². The van der Waals surface area contributed by atoms with E-state index >= 15 is 0 Å². The van der Waals surface area contributed by atoms with E-state index in [9.17, 15) is 8.42 Å². The van der Waals surface area contributed by atoms with Gasteiger partial charge in [-0.25, -0.2) is 8.42 Å². The minimum absolute atomic E-state index is 0.0104. The van der Waals surface area contributed by atoms with Crippen LogP contribution in [0.2, 0.25) is 5.02 Å². The maximum atomic E-state index is 12.4. The van der Waals surface area contributed by atoms with E-state index in [4.69, 9.17) is 21.8 Å². The number of benzene rings is 1.